The van der Waals surface area contributed by atoms with Crippen LogP contribution in [0.5, 0.6) is 0 Å². The molecule has 2 amide bonds. The lowest BCUT2D eigenvalue weighted by Gasteiger charge is -2.30. The Bertz CT molecular complexity index is 1230. The molecule has 2 rings (SSSR count). The first kappa shape index (κ1) is 30.8. The number of carbonyl (C=O) groups excluding carboxylic acids is 2. The lowest BCUT2D eigenvalue weighted by molar-refractivity contribution is -0.140. The molecule has 0 aliphatic rings. The van der Waals surface area contributed by atoms with Gasteiger partial charge in [0.2, 0.25) is 21.8 Å². The third kappa shape index (κ3) is 8.83. The average molecular weight is 579 g/mol. The first-order valence-electron chi connectivity index (χ1n) is 11.7. The molecule has 37 heavy (non-hydrogen) atoms. The summed E-state index contributed by atoms with van der Waals surface area (Å²) in [4.78, 5) is 27.5. The van der Waals surface area contributed by atoms with E-state index in [4.69, 9.17) is 23.2 Å². The van der Waals surface area contributed by atoms with E-state index in [1.807, 2.05) is 13.8 Å². The minimum atomic E-state index is -3.84. The zero-order chi connectivity index (χ0) is 27.9. The van der Waals surface area contributed by atoms with Gasteiger partial charge in [0.25, 0.3) is 0 Å². The molecule has 2 aromatic rings. The van der Waals surface area contributed by atoms with Gasteiger partial charge in [-0.05, 0) is 56.5 Å². The Morgan fingerprint density at radius 1 is 1.05 bits per heavy atom. The van der Waals surface area contributed by atoms with Gasteiger partial charge in [-0.2, -0.15) is 0 Å². The molecule has 0 aliphatic heterocycles. The summed E-state index contributed by atoms with van der Waals surface area (Å²) in [6.07, 6.45) is 1.60. The molecule has 0 spiro atoms. The molecular formula is C25H31Cl2F2N3O4S. The second kappa shape index (κ2) is 13.4. The van der Waals surface area contributed by atoms with Crippen molar-refractivity contribution >= 4 is 50.7 Å². The highest BCUT2D eigenvalue weighted by Crippen LogP contribution is 2.25. The maximum absolute atomic E-state index is 13.7. The van der Waals surface area contributed by atoms with Crippen LogP contribution in [0.3, 0.4) is 0 Å². The fourth-order valence-electron chi connectivity index (χ4n) is 3.53. The average Bonchev–Trinajstić information content (AvgIpc) is 2.81. The van der Waals surface area contributed by atoms with Crippen molar-refractivity contribution in [2.45, 2.75) is 58.7 Å². The van der Waals surface area contributed by atoms with Crippen LogP contribution in [-0.2, 0) is 26.2 Å². The van der Waals surface area contributed by atoms with Crippen molar-refractivity contribution in [3.63, 3.8) is 0 Å². The normalized spacial score (nSPS) is 13.1. The lowest BCUT2D eigenvalue weighted by Crippen LogP contribution is -2.49. The quantitative estimate of drug-likeness (QED) is 0.378. The van der Waals surface area contributed by atoms with Crippen LogP contribution in [0, 0.1) is 11.6 Å². The van der Waals surface area contributed by atoms with Gasteiger partial charge in [0.05, 0.1) is 11.9 Å². The third-order valence-corrected chi connectivity index (χ3v) is 7.65. The van der Waals surface area contributed by atoms with Crippen LogP contribution in [0.25, 0.3) is 0 Å². The summed E-state index contributed by atoms with van der Waals surface area (Å²) in [6, 6.07) is 6.67. The molecule has 0 saturated carbocycles. The first-order valence-corrected chi connectivity index (χ1v) is 14.3. The zero-order valence-electron chi connectivity index (χ0n) is 21.1. The van der Waals surface area contributed by atoms with Crippen LogP contribution >= 0.6 is 23.2 Å². The molecule has 0 aromatic heterocycles. The summed E-state index contributed by atoms with van der Waals surface area (Å²) in [5, 5.41) is 3.62. The van der Waals surface area contributed by atoms with E-state index in [0.717, 1.165) is 28.8 Å². The lowest BCUT2D eigenvalue weighted by atomic mass is 10.1. The molecular weight excluding hydrogens is 547 g/mol. The molecule has 2 atom stereocenters. The van der Waals surface area contributed by atoms with Gasteiger partial charge >= 0.3 is 0 Å². The monoisotopic (exact) mass is 577 g/mol. The number of anilines is 1. The van der Waals surface area contributed by atoms with Crippen LogP contribution in [0.2, 0.25) is 10.0 Å². The summed E-state index contributed by atoms with van der Waals surface area (Å²) < 4.78 is 52.6. The van der Waals surface area contributed by atoms with E-state index in [9.17, 15) is 26.8 Å². The summed E-state index contributed by atoms with van der Waals surface area (Å²) in [5.41, 5.74) is 0.530. The minimum absolute atomic E-state index is 0.0306. The van der Waals surface area contributed by atoms with Crippen LogP contribution in [0.1, 0.15) is 45.6 Å². The molecule has 2 aromatic carbocycles. The Morgan fingerprint density at radius 2 is 1.73 bits per heavy atom. The summed E-state index contributed by atoms with van der Waals surface area (Å²) in [7, 11) is -3.84. The number of carbonyl (C=O) groups is 2. The molecule has 0 bridgehead atoms. The van der Waals surface area contributed by atoms with Crippen molar-refractivity contribution < 1.29 is 26.8 Å². The van der Waals surface area contributed by atoms with E-state index in [2.05, 4.69) is 5.32 Å². The van der Waals surface area contributed by atoms with Gasteiger partial charge in [0, 0.05) is 41.7 Å². The van der Waals surface area contributed by atoms with Gasteiger partial charge in [-0.15, -0.1) is 0 Å². The Balaban J connectivity index is 2.23. The molecule has 0 heterocycles. The van der Waals surface area contributed by atoms with Gasteiger partial charge in [-0.3, -0.25) is 13.9 Å². The largest absolute Gasteiger partial charge is 0.352 e. The van der Waals surface area contributed by atoms with Gasteiger partial charge in [-0.25, -0.2) is 17.2 Å². The molecule has 0 fully saturated rings. The number of benzene rings is 2. The predicted molar refractivity (Wildman–Crippen MR) is 142 cm³/mol. The molecule has 2 unspecified atom stereocenters. The predicted octanol–water partition coefficient (Wildman–Crippen LogP) is 5.15. The molecule has 7 nitrogen and oxygen atoms in total. The Labute approximate surface area is 226 Å². The van der Waals surface area contributed by atoms with Gasteiger partial charge in [0.1, 0.15) is 6.04 Å². The summed E-state index contributed by atoms with van der Waals surface area (Å²) in [5.74, 6) is -3.04. The topological polar surface area (TPSA) is 86.8 Å². The number of hydrogen-bond donors (Lipinski definition) is 1. The third-order valence-electron chi connectivity index (χ3n) is 5.87. The van der Waals surface area contributed by atoms with Crippen molar-refractivity contribution in [3.05, 3.63) is 63.6 Å². The van der Waals surface area contributed by atoms with Crippen molar-refractivity contribution in [1.82, 2.24) is 10.2 Å². The highest BCUT2D eigenvalue weighted by molar-refractivity contribution is 7.92. The molecule has 204 valence electrons. The van der Waals surface area contributed by atoms with Gasteiger partial charge in [-0.1, -0.05) is 36.2 Å². The van der Waals surface area contributed by atoms with E-state index in [1.165, 1.54) is 11.0 Å². The van der Waals surface area contributed by atoms with Crippen molar-refractivity contribution in [1.29, 1.82) is 0 Å². The number of nitrogens with one attached hydrogen (secondary N) is 1. The summed E-state index contributed by atoms with van der Waals surface area (Å²) in [6.45, 7) is 5.25. The van der Waals surface area contributed by atoms with Crippen LogP contribution in [0.4, 0.5) is 14.5 Å². The van der Waals surface area contributed by atoms with E-state index >= 15 is 0 Å². The van der Waals surface area contributed by atoms with Crippen LogP contribution < -0.4 is 9.62 Å². The second-order valence-electron chi connectivity index (χ2n) is 8.79. The number of nitrogens with zero attached hydrogens (tertiary/aromatic N) is 2. The highest BCUT2D eigenvalue weighted by atomic mass is 35.5. The van der Waals surface area contributed by atoms with Crippen molar-refractivity contribution in [2.75, 3.05) is 17.1 Å². The van der Waals surface area contributed by atoms with Crippen LogP contribution in [0.15, 0.2) is 36.4 Å². The Morgan fingerprint density at radius 3 is 2.30 bits per heavy atom. The molecule has 0 saturated heterocycles. The zero-order valence-corrected chi connectivity index (χ0v) is 23.4. The summed E-state index contributed by atoms with van der Waals surface area (Å²) >= 11 is 12.3. The number of amides is 2. The molecule has 0 radical (unpaired) electrons. The Hall–Kier alpha value is -2.43. The number of halogens is 4. The first-order chi connectivity index (χ1) is 17.2. The van der Waals surface area contributed by atoms with Crippen molar-refractivity contribution in [2.24, 2.45) is 0 Å². The van der Waals surface area contributed by atoms with Gasteiger partial charge < -0.3 is 10.2 Å². The smallest absolute Gasteiger partial charge is 0.242 e. The Kier molecular flexibility index (Phi) is 11.1. The van der Waals surface area contributed by atoms with E-state index in [0.29, 0.717) is 22.0 Å². The van der Waals surface area contributed by atoms with Crippen molar-refractivity contribution in [3.8, 4) is 0 Å². The van der Waals surface area contributed by atoms with E-state index < -0.39 is 33.6 Å². The van der Waals surface area contributed by atoms with E-state index in [-0.39, 0.29) is 43.6 Å². The molecule has 0 aliphatic carbocycles. The number of sulfonamides is 1. The van der Waals surface area contributed by atoms with Gasteiger partial charge in [0.15, 0.2) is 11.6 Å². The molecule has 1 N–H and O–H groups in total. The second-order valence-corrected chi connectivity index (χ2v) is 11.5. The SMILES string of the molecule is CCC(C)NC(=O)C(C)N(Cc1ccc(Cl)cc1Cl)C(=O)CCCN(c1ccc(F)c(F)c1)S(C)(=O)=O. The highest BCUT2D eigenvalue weighted by Gasteiger charge is 2.28. The fourth-order valence-corrected chi connectivity index (χ4v) is 4.95. The number of rotatable bonds is 12. The maximum Gasteiger partial charge on any atom is 0.242 e. The van der Waals surface area contributed by atoms with E-state index in [1.54, 1.807) is 19.1 Å². The van der Waals surface area contributed by atoms with Crippen LogP contribution in [-0.4, -0.2) is 50.0 Å². The fraction of sp³-hybridized carbons (Fsp3) is 0.440. The standard InChI is InChI=1S/C25H31Cl2F2N3O4S/c1-5-16(2)30-25(34)17(3)31(15-18-8-9-19(26)13-21(18)27)24(33)7-6-12-32(37(4,35)36)20-10-11-22(28)23(29)14-20/h8-11,13-14,16-17H,5-7,12,15H2,1-4H3,(H,30,34). The maximum atomic E-state index is 13.7. The number of hydrogen-bond acceptors (Lipinski definition) is 4. The minimum Gasteiger partial charge on any atom is -0.352 e. The molecule has 12 heteroatoms.